The Labute approximate surface area is 105 Å². The lowest BCUT2D eigenvalue weighted by Crippen LogP contribution is -2.47. The van der Waals surface area contributed by atoms with E-state index in [1.807, 2.05) is 0 Å². The van der Waals surface area contributed by atoms with Gasteiger partial charge >= 0.3 is 0 Å². The number of fused-ring (bicyclic) bond motifs is 2. The van der Waals surface area contributed by atoms with Crippen LogP contribution in [0.25, 0.3) is 0 Å². The van der Waals surface area contributed by atoms with Gasteiger partial charge in [-0.05, 0) is 37.0 Å². The highest BCUT2D eigenvalue weighted by Gasteiger charge is 2.41. The maximum Gasteiger partial charge on any atom is 0.124 e. The maximum absolute atomic E-state index is 13.0. The van der Waals surface area contributed by atoms with Crippen LogP contribution in [0.4, 0.5) is 4.39 Å². The van der Waals surface area contributed by atoms with Crippen molar-refractivity contribution in [1.82, 2.24) is 5.32 Å². The predicted octanol–water partition coefficient (Wildman–Crippen LogP) is 2.45. The second-order valence-corrected chi connectivity index (χ2v) is 5.45. The van der Waals surface area contributed by atoms with Crippen molar-refractivity contribution in [1.29, 1.82) is 0 Å². The largest absolute Gasteiger partial charge is 0.391 e. The Hall–Kier alpha value is -0.640. The summed E-state index contributed by atoms with van der Waals surface area (Å²) in [6, 6.07) is 5.08. The number of aliphatic hydroxyl groups excluding tert-OH is 1. The first-order valence-electron chi connectivity index (χ1n) is 6.04. The van der Waals surface area contributed by atoms with Crippen LogP contribution in [0.2, 0.25) is 5.02 Å². The van der Waals surface area contributed by atoms with Crippen LogP contribution >= 0.6 is 11.6 Å². The molecule has 2 saturated heterocycles. The van der Waals surface area contributed by atoms with Gasteiger partial charge in [-0.3, -0.25) is 0 Å². The highest BCUT2D eigenvalue weighted by Crippen LogP contribution is 2.39. The van der Waals surface area contributed by atoms with Gasteiger partial charge in [0.05, 0.1) is 6.10 Å². The molecule has 1 aromatic rings. The molecule has 0 spiro atoms. The van der Waals surface area contributed by atoms with Gasteiger partial charge in [0.2, 0.25) is 0 Å². The Bertz CT molecular complexity index is 439. The third-order valence-electron chi connectivity index (χ3n) is 4.00. The van der Waals surface area contributed by atoms with Crippen LogP contribution in [0.1, 0.15) is 30.7 Å². The zero-order valence-corrected chi connectivity index (χ0v) is 10.1. The molecule has 0 aromatic heterocycles. The number of halogens is 2. The number of rotatable bonds is 1. The zero-order valence-electron chi connectivity index (χ0n) is 9.37. The Morgan fingerprint density at radius 2 is 2.18 bits per heavy atom. The van der Waals surface area contributed by atoms with E-state index in [0.29, 0.717) is 11.1 Å². The van der Waals surface area contributed by atoms with E-state index in [-0.39, 0.29) is 17.8 Å². The van der Waals surface area contributed by atoms with Gasteiger partial charge in [-0.1, -0.05) is 17.7 Å². The smallest absolute Gasteiger partial charge is 0.124 e. The molecule has 92 valence electrons. The summed E-state index contributed by atoms with van der Waals surface area (Å²) < 4.78 is 13.0. The van der Waals surface area contributed by atoms with Crippen LogP contribution in [-0.4, -0.2) is 23.3 Å². The minimum atomic E-state index is -0.420. The average Bonchev–Trinajstić information content (AvgIpc) is 2.69. The fourth-order valence-electron chi connectivity index (χ4n) is 3.14. The first-order chi connectivity index (χ1) is 8.15. The topological polar surface area (TPSA) is 32.3 Å². The van der Waals surface area contributed by atoms with Gasteiger partial charge in [0, 0.05) is 23.0 Å². The number of nitrogens with one attached hydrogen (secondary N) is 1. The van der Waals surface area contributed by atoms with Crippen molar-refractivity contribution in [2.24, 2.45) is 0 Å². The van der Waals surface area contributed by atoms with Crippen LogP contribution in [0, 0.1) is 5.82 Å². The summed E-state index contributed by atoms with van der Waals surface area (Å²) in [6.07, 6.45) is 2.58. The zero-order chi connectivity index (χ0) is 12.0. The van der Waals surface area contributed by atoms with Crippen molar-refractivity contribution in [3.63, 3.8) is 0 Å². The summed E-state index contributed by atoms with van der Waals surface area (Å²) in [6.45, 7) is 0. The SMILES string of the molecule is O[C@H]1[C@@H]2CCC(C[C@@H]1c1ccc(F)cc1Cl)N2. The highest BCUT2D eigenvalue weighted by atomic mass is 35.5. The normalized spacial score (nSPS) is 36.2. The summed E-state index contributed by atoms with van der Waals surface area (Å²) in [7, 11) is 0. The summed E-state index contributed by atoms with van der Waals surface area (Å²) in [5, 5.41) is 14.1. The molecule has 0 saturated carbocycles. The Morgan fingerprint density at radius 1 is 1.35 bits per heavy atom. The fraction of sp³-hybridized carbons (Fsp3) is 0.538. The summed E-state index contributed by atoms with van der Waals surface area (Å²) in [5.74, 6) is -0.299. The van der Waals surface area contributed by atoms with Crippen molar-refractivity contribution < 1.29 is 9.50 Å². The molecule has 2 nitrogen and oxygen atoms in total. The number of hydrogen-bond acceptors (Lipinski definition) is 2. The van der Waals surface area contributed by atoms with E-state index in [9.17, 15) is 9.50 Å². The molecule has 2 aliphatic rings. The molecule has 17 heavy (non-hydrogen) atoms. The van der Waals surface area contributed by atoms with Gasteiger partial charge < -0.3 is 10.4 Å². The molecule has 2 heterocycles. The molecular formula is C13H15ClFNO. The quantitative estimate of drug-likeness (QED) is 0.808. The number of hydrogen-bond donors (Lipinski definition) is 2. The van der Waals surface area contributed by atoms with E-state index >= 15 is 0 Å². The first kappa shape index (κ1) is 11.5. The molecule has 0 aliphatic carbocycles. The van der Waals surface area contributed by atoms with Crippen LogP contribution in [0.3, 0.4) is 0 Å². The van der Waals surface area contributed by atoms with Gasteiger partial charge in [-0.15, -0.1) is 0 Å². The van der Waals surface area contributed by atoms with E-state index < -0.39 is 6.10 Å². The lowest BCUT2D eigenvalue weighted by atomic mass is 9.84. The minimum absolute atomic E-state index is 0.0295. The fourth-order valence-corrected chi connectivity index (χ4v) is 3.45. The molecular weight excluding hydrogens is 241 g/mol. The highest BCUT2D eigenvalue weighted by molar-refractivity contribution is 6.31. The third kappa shape index (κ3) is 1.96. The van der Waals surface area contributed by atoms with Gasteiger partial charge in [0.1, 0.15) is 5.82 Å². The first-order valence-corrected chi connectivity index (χ1v) is 6.42. The molecule has 3 rings (SSSR count). The summed E-state index contributed by atoms with van der Waals surface area (Å²) >= 11 is 6.07. The molecule has 2 N–H and O–H groups in total. The second-order valence-electron chi connectivity index (χ2n) is 5.05. The number of piperidine rings is 1. The monoisotopic (exact) mass is 255 g/mol. The van der Waals surface area contributed by atoms with Gasteiger partial charge in [0.15, 0.2) is 0 Å². The molecule has 4 heteroatoms. The number of benzene rings is 1. The van der Waals surface area contributed by atoms with Crippen LogP contribution in [0.5, 0.6) is 0 Å². The van der Waals surface area contributed by atoms with Crippen molar-refractivity contribution in [3.05, 3.63) is 34.6 Å². The van der Waals surface area contributed by atoms with E-state index in [1.165, 1.54) is 12.1 Å². The standard InChI is InChI=1S/C13H15ClFNO/c14-11-5-7(15)1-3-9(11)10-6-8-2-4-12(16-8)13(10)17/h1,3,5,8,10,12-13,16-17H,2,4,6H2/t8?,10-,12+,13-/m1/s1. The van der Waals surface area contributed by atoms with Crippen LogP contribution in [-0.2, 0) is 0 Å². The minimum Gasteiger partial charge on any atom is -0.391 e. The predicted molar refractivity (Wildman–Crippen MR) is 64.7 cm³/mol. The molecule has 0 amide bonds. The Kier molecular flexibility index (Phi) is 2.85. The molecule has 2 aliphatic heterocycles. The third-order valence-corrected chi connectivity index (χ3v) is 4.33. The average molecular weight is 256 g/mol. The van der Waals surface area contributed by atoms with Crippen molar-refractivity contribution in [2.75, 3.05) is 0 Å². The van der Waals surface area contributed by atoms with Crippen LogP contribution < -0.4 is 5.32 Å². The van der Waals surface area contributed by atoms with Gasteiger partial charge in [-0.2, -0.15) is 0 Å². The van der Waals surface area contributed by atoms with Gasteiger partial charge in [0.25, 0.3) is 0 Å². The van der Waals surface area contributed by atoms with E-state index in [0.717, 1.165) is 24.8 Å². The molecule has 0 radical (unpaired) electrons. The molecule has 1 unspecified atom stereocenters. The van der Waals surface area contributed by atoms with E-state index in [4.69, 9.17) is 11.6 Å². The van der Waals surface area contributed by atoms with Crippen molar-refractivity contribution in [2.45, 2.75) is 43.4 Å². The van der Waals surface area contributed by atoms with E-state index in [2.05, 4.69) is 5.32 Å². The number of aliphatic hydroxyl groups is 1. The lowest BCUT2D eigenvalue weighted by molar-refractivity contribution is 0.0807. The summed E-state index contributed by atoms with van der Waals surface area (Å²) in [4.78, 5) is 0. The molecule has 4 atom stereocenters. The molecule has 2 fully saturated rings. The Balaban J connectivity index is 1.93. The van der Waals surface area contributed by atoms with Gasteiger partial charge in [-0.25, -0.2) is 4.39 Å². The van der Waals surface area contributed by atoms with E-state index in [1.54, 1.807) is 6.07 Å². The second kappa shape index (κ2) is 4.23. The lowest BCUT2D eigenvalue weighted by Gasteiger charge is -2.35. The molecule has 2 bridgehead atoms. The Morgan fingerprint density at radius 3 is 2.94 bits per heavy atom. The maximum atomic E-state index is 13.0. The van der Waals surface area contributed by atoms with Crippen LogP contribution in [0.15, 0.2) is 18.2 Å². The van der Waals surface area contributed by atoms with Crippen molar-refractivity contribution >= 4 is 11.6 Å². The van der Waals surface area contributed by atoms with Crippen molar-refractivity contribution in [3.8, 4) is 0 Å². The summed E-state index contributed by atoms with van der Waals surface area (Å²) in [5.41, 5.74) is 0.874. The molecule has 1 aromatic carbocycles.